The Hall–Kier alpha value is -0.870. The van der Waals surface area contributed by atoms with E-state index in [0.29, 0.717) is 18.3 Å². The molecular weight excluding hydrogens is 304 g/mol. The first kappa shape index (κ1) is 19.5. The van der Waals surface area contributed by atoms with Gasteiger partial charge in [0.2, 0.25) is 0 Å². The molecule has 0 aromatic heterocycles. The van der Waals surface area contributed by atoms with Crippen molar-refractivity contribution in [2.45, 2.75) is 84.8 Å². The van der Waals surface area contributed by atoms with Crippen molar-refractivity contribution in [1.29, 1.82) is 0 Å². The molecule has 138 valence electrons. The average Bonchev–Trinajstić information content (AvgIpc) is 2.47. The Labute approximate surface area is 146 Å². The van der Waals surface area contributed by atoms with Gasteiger partial charge in [0.05, 0.1) is 11.7 Å². The van der Waals surface area contributed by atoms with Crippen LogP contribution >= 0.6 is 0 Å². The van der Waals surface area contributed by atoms with Crippen molar-refractivity contribution in [3.05, 3.63) is 11.6 Å². The lowest BCUT2D eigenvalue weighted by Gasteiger charge is -2.64. The van der Waals surface area contributed by atoms with Crippen LogP contribution in [0.3, 0.4) is 0 Å². The zero-order valence-electron chi connectivity index (χ0n) is 15.8. The molecule has 24 heavy (non-hydrogen) atoms. The van der Waals surface area contributed by atoms with Crippen molar-refractivity contribution in [3.8, 4) is 0 Å². The van der Waals surface area contributed by atoms with Gasteiger partial charge in [0.1, 0.15) is 0 Å². The summed E-state index contributed by atoms with van der Waals surface area (Å²) in [5.41, 5.74) is -0.421. The van der Waals surface area contributed by atoms with E-state index in [-0.39, 0.29) is 10.8 Å². The summed E-state index contributed by atoms with van der Waals surface area (Å²) >= 11 is 0. The first-order valence-corrected chi connectivity index (χ1v) is 9.25. The van der Waals surface area contributed by atoms with Crippen molar-refractivity contribution in [1.82, 2.24) is 0 Å². The molecule has 3 N–H and O–H groups in total. The Bertz CT molecular complexity index is 524. The molecular formula is C20H34O4. The predicted octanol–water partition coefficient (Wildman–Crippen LogP) is 3.76. The van der Waals surface area contributed by atoms with Crippen LogP contribution in [0.1, 0.15) is 73.1 Å². The van der Waals surface area contributed by atoms with Gasteiger partial charge in [-0.3, -0.25) is 0 Å². The summed E-state index contributed by atoms with van der Waals surface area (Å²) in [6.07, 6.45) is 5.87. The number of carbonyl (C=O) groups is 1. The lowest BCUT2D eigenvalue weighted by Crippen LogP contribution is -2.65. The van der Waals surface area contributed by atoms with Gasteiger partial charge in [-0.2, -0.15) is 0 Å². The van der Waals surface area contributed by atoms with Crippen LogP contribution < -0.4 is 0 Å². The van der Waals surface area contributed by atoms with Crippen LogP contribution in [-0.4, -0.2) is 33.0 Å². The van der Waals surface area contributed by atoms with Gasteiger partial charge < -0.3 is 15.3 Å². The molecule has 0 unspecified atom stereocenters. The Morgan fingerprint density at radius 2 is 1.83 bits per heavy atom. The molecule has 6 atom stereocenters. The summed E-state index contributed by atoms with van der Waals surface area (Å²) in [5.74, 6) is -0.0214. The monoisotopic (exact) mass is 338 g/mol. The second-order valence-corrected chi connectivity index (χ2v) is 8.99. The quantitative estimate of drug-likeness (QED) is 0.682. The first-order valence-electron chi connectivity index (χ1n) is 9.25. The molecule has 2 aliphatic rings. The van der Waals surface area contributed by atoms with Crippen LogP contribution in [0.2, 0.25) is 0 Å². The van der Waals surface area contributed by atoms with Gasteiger partial charge >= 0.3 is 5.97 Å². The van der Waals surface area contributed by atoms with Crippen molar-refractivity contribution in [3.63, 3.8) is 0 Å². The van der Waals surface area contributed by atoms with E-state index in [4.69, 9.17) is 5.11 Å². The molecule has 0 aliphatic heterocycles. The number of fused-ring (bicyclic) bond motifs is 1. The van der Waals surface area contributed by atoms with E-state index in [2.05, 4.69) is 20.8 Å². The van der Waals surface area contributed by atoms with Crippen molar-refractivity contribution in [2.75, 3.05) is 0 Å². The van der Waals surface area contributed by atoms with Gasteiger partial charge in [-0.05, 0) is 69.6 Å². The fourth-order valence-corrected chi connectivity index (χ4v) is 5.50. The molecule has 2 fully saturated rings. The Morgan fingerprint density at radius 3 is 2.42 bits per heavy atom. The smallest absolute Gasteiger partial charge is 0.328 e. The van der Waals surface area contributed by atoms with Gasteiger partial charge in [-0.1, -0.05) is 26.3 Å². The predicted molar refractivity (Wildman–Crippen MR) is 94.6 cm³/mol. The normalized spacial score (nSPS) is 46.5. The second-order valence-electron chi connectivity index (χ2n) is 8.99. The van der Waals surface area contributed by atoms with Gasteiger partial charge in [0, 0.05) is 11.5 Å². The summed E-state index contributed by atoms with van der Waals surface area (Å²) in [4.78, 5) is 10.9. The molecule has 0 aromatic carbocycles. The molecule has 0 heterocycles. The maximum atomic E-state index is 11.1. The molecule has 0 radical (unpaired) electrons. The zero-order valence-corrected chi connectivity index (χ0v) is 15.8. The molecule has 2 aliphatic carbocycles. The fourth-order valence-electron chi connectivity index (χ4n) is 5.50. The fraction of sp³-hybridized carbons (Fsp3) is 0.850. The number of allylic oxidation sites excluding steroid dienone is 1. The minimum absolute atomic E-state index is 0.0464. The molecule has 2 saturated carbocycles. The summed E-state index contributed by atoms with van der Waals surface area (Å²) < 4.78 is 0. The van der Waals surface area contributed by atoms with Crippen LogP contribution in [-0.2, 0) is 4.79 Å². The van der Waals surface area contributed by atoms with Gasteiger partial charge in [0.25, 0.3) is 0 Å². The van der Waals surface area contributed by atoms with E-state index in [1.807, 2.05) is 6.92 Å². The Kier molecular flexibility index (Phi) is 5.23. The SMILES string of the molecule is C/C(=C/C(=O)O)CC[C@]1(C)[C@H](C)CC[C@]2(C)[C@H]1CC[C@H](O)[C@@]2(C)O. The summed E-state index contributed by atoms with van der Waals surface area (Å²) in [6.45, 7) is 10.4. The van der Waals surface area contributed by atoms with Crippen molar-refractivity contribution in [2.24, 2.45) is 22.7 Å². The highest BCUT2D eigenvalue weighted by Crippen LogP contribution is 2.64. The highest BCUT2D eigenvalue weighted by molar-refractivity contribution is 5.80. The van der Waals surface area contributed by atoms with Crippen LogP contribution in [0.15, 0.2) is 11.6 Å². The van der Waals surface area contributed by atoms with E-state index in [9.17, 15) is 15.0 Å². The highest BCUT2D eigenvalue weighted by atomic mass is 16.4. The number of rotatable bonds is 4. The van der Waals surface area contributed by atoms with Gasteiger partial charge in [-0.15, -0.1) is 0 Å². The topological polar surface area (TPSA) is 77.8 Å². The lowest BCUT2D eigenvalue weighted by atomic mass is 9.43. The Morgan fingerprint density at radius 1 is 1.21 bits per heavy atom. The van der Waals surface area contributed by atoms with E-state index in [1.54, 1.807) is 6.92 Å². The number of carboxylic acids is 1. The van der Waals surface area contributed by atoms with Crippen LogP contribution in [0, 0.1) is 22.7 Å². The third kappa shape index (κ3) is 3.03. The lowest BCUT2D eigenvalue weighted by molar-refractivity contribution is -0.235. The molecule has 0 bridgehead atoms. The first-order chi connectivity index (χ1) is 10.9. The van der Waals surface area contributed by atoms with Crippen LogP contribution in [0.4, 0.5) is 0 Å². The average molecular weight is 338 g/mol. The number of hydrogen-bond acceptors (Lipinski definition) is 3. The van der Waals surface area contributed by atoms with Crippen LogP contribution in [0.5, 0.6) is 0 Å². The molecule has 0 spiro atoms. The number of carboxylic acid groups (broad SMARTS) is 1. The summed E-state index contributed by atoms with van der Waals surface area (Å²) in [5, 5.41) is 30.4. The number of hydrogen-bond donors (Lipinski definition) is 3. The minimum Gasteiger partial charge on any atom is -0.478 e. The molecule has 0 aromatic rings. The summed E-state index contributed by atoms with van der Waals surface area (Å²) in [6, 6.07) is 0. The molecule has 0 amide bonds. The van der Waals surface area contributed by atoms with E-state index in [0.717, 1.165) is 37.7 Å². The van der Waals surface area contributed by atoms with E-state index in [1.165, 1.54) is 6.08 Å². The van der Waals surface area contributed by atoms with E-state index < -0.39 is 17.7 Å². The second kappa shape index (κ2) is 6.45. The standard InChI is InChI=1S/C20H34O4/c1-13(12-17(22)23)8-10-18(3)14(2)9-11-19(4)15(18)6-7-16(21)20(19,5)24/h12,14-16,21,24H,6-11H2,1-5H3,(H,22,23)/b13-12-/t14-,15+,16+,18-,19-,20-/m1/s1. The molecule has 2 rings (SSSR count). The van der Waals surface area contributed by atoms with Crippen molar-refractivity contribution < 1.29 is 20.1 Å². The number of aliphatic hydroxyl groups is 2. The molecule has 0 saturated heterocycles. The third-order valence-corrected chi connectivity index (χ3v) is 7.75. The minimum atomic E-state index is -1.07. The van der Waals surface area contributed by atoms with E-state index >= 15 is 0 Å². The van der Waals surface area contributed by atoms with Crippen LogP contribution in [0.25, 0.3) is 0 Å². The zero-order chi connectivity index (χ0) is 18.3. The van der Waals surface area contributed by atoms with Crippen molar-refractivity contribution >= 4 is 5.97 Å². The highest BCUT2D eigenvalue weighted by Gasteiger charge is 2.62. The molecule has 4 heteroatoms. The third-order valence-electron chi connectivity index (χ3n) is 7.75. The maximum absolute atomic E-state index is 11.1. The molecule has 4 nitrogen and oxygen atoms in total. The number of aliphatic hydroxyl groups excluding tert-OH is 1. The Balaban J connectivity index is 2.29. The van der Waals surface area contributed by atoms with Gasteiger partial charge in [-0.25, -0.2) is 4.79 Å². The maximum Gasteiger partial charge on any atom is 0.328 e. The largest absolute Gasteiger partial charge is 0.478 e. The number of aliphatic carboxylic acids is 1. The summed E-state index contributed by atoms with van der Waals surface area (Å²) in [7, 11) is 0. The van der Waals surface area contributed by atoms with Gasteiger partial charge in [0.15, 0.2) is 0 Å².